The van der Waals surface area contributed by atoms with Crippen LogP contribution < -0.4 is 5.73 Å². The third kappa shape index (κ3) is 1.87. The summed E-state index contributed by atoms with van der Waals surface area (Å²) in [5, 5.41) is -0.0193. The van der Waals surface area contributed by atoms with Gasteiger partial charge in [-0.05, 0) is 18.2 Å². The van der Waals surface area contributed by atoms with Gasteiger partial charge in [0.05, 0.1) is 7.11 Å². The smallest absolute Gasteiger partial charge is 0.450 e. The van der Waals surface area contributed by atoms with Crippen LogP contribution >= 0.6 is 0 Å². The van der Waals surface area contributed by atoms with Crippen LogP contribution in [-0.2, 0) is 10.9 Å². The summed E-state index contributed by atoms with van der Waals surface area (Å²) in [4.78, 5) is 11.4. The maximum atomic E-state index is 12.8. The van der Waals surface area contributed by atoms with Gasteiger partial charge in [-0.2, -0.15) is 13.2 Å². The first-order valence-corrected chi connectivity index (χ1v) is 4.82. The van der Waals surface area contributed by atoms with Crippen LogP contribution in [0.5, 0.6) is 0 Å². The van der Waals surface area contributed by atoms with Gasteiger partial charge in [-0.15, -0.1) is 0 Å². The number of nitrogen functional groups attached to an aromatic ring is 1. The number of halogens is 3. The van der Waals surface area contributed by atoms with E-state index in [1.165, 1.54) is 18.2 Å². The summed E-state index contributed by atoms with van der Waals surface area (Å²) in [6.45, 7) is 0. The normalized spacial score (nSPS) is 11.8. The molecule has 0 radical (unpaired) electrons. The number of rotatable bonds is 1. The first kappa shape index (κ1) is 12.3. The average Bonchev–Trinajstić information content (AvgIpc) is 2.66. The van der Waals surface area contributed by atoms with E-state index in [0.29, 0.717) is 0 Å². The second-order valence-corrected chi connectivity index (χ2v) is 3.55. The van der Waals surface area contributed by atoms with Crippen molar-refractivity contribution in [2.75, 3.05) is 12.8 Å². The Hall–Kier alpha value is -2.18. The standard InChI is InChI=1S/C11H8F3NO3/c1-17-10(16)8-6-4-5(15)2-3-7(6)18-9(8)11(12,13)14/h2-4H,15H2,1H3. The molecule has 1 aromatic heterocycles. The molecular weight excluding hydrogens is 251 g/mol. The summed E-state index contributed by atoms with van der Waals surface area (Å²) in [6.07, 6.45) is -4.78. The molecule has 0 fully saturated rings. The molecular formula is C11H8F3NO3. The number of hydrogen-bond acceptors (Lipinski definition) is 4. The van der Waals surface area contributed by atoms with Crippen molar-refractivity contribution >= 4 is 22.6 Å². The molecule has 18 heavy (non-hydrogen) atoms. The van der Waals surface area contributed by atoms with Crippen molar-refractivity contribution in [2.24, 2.45) is 0 Å². The fourth-order valence-corrected chi connectivity index (χ4v) is 1.62. The highest BCUT2D eigenvalue weighted by Crippen LogP contribution is 2.38. The summed E-state index contributed by atoms with van der Waals surface area (Å²) in [6, 6.07) is 3.89. The van der Waals surface area contributed by atoms with E-state index in [2.05, 4.69) is 9.15 Å². The van der Waals surface area contributed by atoms with Crippen LogP contribution in [0.4, 0.5) is 18.9 Å². The lowest BCUT2D eigenvalue weighted by Crippen LogP contribution is -2.11. The number of anilines is 1. The molecule has 0 saturated carbocycles. The first-order chi connectivity index (χ1) is 8.34. The Morgan fingerprint density at radius 3 is 2.61 bits per heavy atom. The highest BCUT2D eigenvalue weighted by atomic mass is 19.4. The zero-order valence-corrected chi connectivity index (χ0v) is 9.17. The van der Waals surface area contributed by atoms with Crippen molar-refractivity contribution < 1.29 is 27.1 Å². The third-order valence-electron chi connectivity index (χ3n) is 2.36. The zero-order chi connectivity index (χ0) is 13.5. The number of carbonyl (C=O) groups is 1. The number of fused-ring (bicyclic) bond motifs is 1. The maximum absolute atomic E-state index is 12.8. The monoisotopic (exact) mass is 259 g/mol. The molecule has 0 spiro atoms. The number of carbonyl (C=O) groups excluding carboxylic acids is 1. The number of ether oxygens (including phenoxy) is 1. The molecule has 0 unspecified atom stereocenters. The number of alkyl halides is 3. The minimum atomic E-state index is -4.78. The molecule has 2 N–H and O–H groups in total. The van der Waals surface area contributed by atoms with Crippen molar-refractivity contribution in [3.05, 3.63) is 29.5 Å². The van der Waals surface area contributed by atoms with Crippen LogP contribution in [0.15, 0.2) is 22.6 Å². The second-order valence-electron chi connectivity index (χ2n) is 3.55. The second kappa shape index (κ2) is 3.94. The van der Waals surface area contributed by atoms with Crippen LogP contribution in [0.25, 0.3) is 11.0 Å². The minimum Gasteiger partial charge on any atom is -0.465 e. The van der Waals surface area contributed by atoms with Crippen molar-refractivity contribution in [1.82, 2.24) is 0 Å². The fraction of sp³-hybridized carbons (Fsp3) is 0.182. The molecule has 0 bridgehead atoms. The molecule has 2 rings (SSSR count). The van der Waals surface area contributed by atoms with Crippen LogP contribution in [0, 0.1) is 0 Å². The minimum absolute atomic E-state index is 0.0193. The van der Waals surface area contributed by atoms with Gasteiger partial charge in [0.2, 0.25) is 5.76 Å². The van der Waals surface area contributed by atoms with Gasteiger partial charge in [-0.25, -0.2) is 4.79 Å². The van der Waals surface area contributed by atoms with Gasteiger partial charge < -0.3 is 14.9 Å². The molecule has 1 aromatic carbocycles. The van der Waals surface area contributed by atoms with Gasteiger partial charge in [-0.1, -0.05) is 0 Å². The van der Waals surface area contributed by atoms with Crippen molar-refractivity contribution in [3.63, 3.8) is 0 Å². The molecule has 0 aliphatic heterocycles. The lowest BCUT2D eigenvalue weighted by Gasteiger charge is -2.04. The first-order valence-electron chi connectivity index (χ1n) is 4.82. The third-order valence-corrected chi connectivity index (χ3v) is 2.36. The Labute approximate surface area is 99.1 Å². The summed E-state index contributed by atoms with van der Waals surface area (Å²) >= 11 is 0. The lowest BCUT2D eigenvalue weighted by atomic mass is 10.1. The van der Waals surface area contributed by atoms with E-state index < -0.39 is 23.5 Å². The Morgan fingerprint density at radius 1 is 1.39 bits per heavy atom. The number of furan rings is 1. The van der Waals surface area contributed by atoms with E-state index in [1.807, 2.05) is 0 Å². The molecule has 7 heteroatoms. The van der Waals surface area contributed by atoms with E-state index in [0.717, 1.165) is 7.11 Å². The summed E-state index contributed by atoms with van der Waals surface area (Å²) < 4.78 is 47.3. The Balaban J connectivity index is 2.82. The Morgan fingerprint density at radius 2 is 2.06 bits per heavy atom. The molecule has 0 atom stereocenters. The summed E-state index contributed by atoms with van der Waals surface area (Å²) in [5.41, 5.74) is 4.97. The van der Waals surface area contributed by atoms with E-state index in [1.54, 1.807) is 0 Å². The van der Waals surface area contributed by atoms with Gasteiger partial charge in [0.1, 0.15) is 11.1 Å². The van der Waals surface area contributed by atoms with E-state index in [4.69, 9.17) is 5.73 Å². The van der Waals surface area contributed by atoms with Crippen LogP contribution in [0.3, 0.4) is 0 Å². The molecule has 1 heterocycles. The van der Waals surface area contributed by atoms with Gasteiger partial charge in [0.15, 0.2) is 0 Å². The number of nitrogens with two attached hydrogens (primary N) is 1. The van der Waals surface area contributed by atoms with Gasteiger partial charge in [0.25, 0.3) is 0 Å². The highest BCUT2D eigenvalue weighted by Gasteiger charge is 2.41. The van der Waals surface area contributed by atoms with Crippen molar-refractivity contribution in [2.45, 2.75) is 6.18 Å². The highest BCUT2D eigenvalue weighted by molar-refractivity contribution is 6.05. The van der Waals surface area contributed by atoms with Gasteiger partial charge in [0, 0.05) is 11.1 Å². The molecule has 4 nitrogen and oxygen atoms in total. The van der Waals surface area contributed by atoms with E-state index >= 15 is 0 Å². The van der Waals surface area contributed by atoms with Crippen LogP contribution in [-0.4, -0.2) is 13.1 Å². The molecule has 96 valence electrons. The Bertz CT molecular complexity index is 616. The van der Waals surface area contributed by atoms with Gasteiger partial charge in [-0.3, -0.25) is 0 Å². The summed E-state index contributed by atoms with van der Waals surface area (Å²) in [7, 11) is 0.994. The number of hydrogen-bond donors (Lipinski definition) is 1. The Kier molecular flexibility index (Phi) is 2.68. The molecule has 0 aliphatic carbocycles. The van der Waals surface area contributed by atoms with Crippen LogP contribution in [0.2, 0.25) is 0 Å². The van der Waals surface area contributed by atoms with Crippen molar-refractivity contribution in [1.29, 1.82) is 0 Å². The number of methoxy groups -OCH3 is 1. The topological polar surface area (TPSA) is 65.5 Å². The number of benzene rings is 1. The van der Waals surface area contributed by atoms with E-state index in [9.17, 15) is 18.0 Å². The number of esters is 1. The van der Waals surface area contributed by atoms with Crippen molar-refractivity contribution in [3.8, 4) is 0 Å². The van der Waals surface area contributed by atoms with E-state index in [-0.39, 0.29) is 16.7 Å². The molecule has 0 aliphatic rings. The molecule has 0 amide bonds. The predicted octanol–water partition coefficient (Wildman–Crippen LogP) is 2.82. The van der Waals surface area contributed by atoms with Crippen LogP contribution in [0.1, 0.15) is 16.1 Å². The zero-order valence-electron chi connectivity index (χ0n) is 9.17. The molecule has 2 aromatic rings. The largest absolute Gasteiger partial charge is 0.465 e. The summed E-state index contributed by atoms with van der Waals surface area (Å²) in [5.74, 6) is -2.50. The SMILES string of the molecule is COC(=O)c1c(C(F)(F)F)oc2ccc(N)cc12. The average molecular weight is 259 g/mol. The quantitative estimate of drug-likeness (QED) is 0.631. The fourth-order valence-electron chi connectivity index (χ4n) is 1.62. The maximum Gasteiger partial charge on any atom is 0.450 e. The lowest BCUT2D eigenvalue weighted by molar-refractivity contribution is -0.152. The van der Waals surface area contributed by atoms with Gasteiger partial charge >= 0.3 is 12.1 Å². The molecule has 0 saturated heterocycles. The predicted molar refractivity (Wildman–Crippen MR) is 57.0 cm³/mol.